The summed E-state index contributed by atoms with van der Waals surface area (Å²) in [5.74, 6) is 1.64. The largest absolute Gasteiger partial charge is 0.495 e. The highest BCUT2D eigenvalue weighted by molar-refractivity contribution is 6.01. The molecule has 1 saturated carbocycles. The van der Waals surface area contributed by atoms with E-state index in [0.717, 1.165) is 38.2 Å². The van der Waals surface area contributed by atoms with Crippen LogP contribution in [0.5, 0.6) is 5.75 Å². The molecular weight excluding hydrogens is 470 g/mol. The molecule has 1 aromatic heterocycles. The topological polar surface area (TPSA) is 112 Å². The molecule has 37 heavy (non-hydrogen) atoms. The Hall–Kier alpha value is -3.40. The third-order valence-corrected chi connectivity index (χ3v) is 7.70. The lowest BCUT2D eigenvalue weighted by Crippen LogP contribution is -2.45. The van der Waals surface area contributed by atoms with Crippen molar-refractivity contribution in [3.63, 3.8) is 0 Å². The quantitative estimate of drug-likeness (QED) is 0.547. The first-order valence-corrected chi connectivity index (χ1v) is 13.2. The van der Waals surface area contributed by atoms with Crippen molar-refractivity contribution in [1.82, 2.24) is 20.6 Å². The molecule has 198 valence electrons. The Balaban J connectivity index is 1.43. The van der Waals surface area contributed by atoms with Crippen LogP contribution in [0.3, 0.4) is 0 Å². The van der Waals surface area contributed by atoms with Gasteiger partial charge in [0.05, 0.1) is 24.4 Å². The number of rotatable bonds is 6. The predicted octanol–water partition coefficient (Wildman–Crippen LogP) is 3.07. The van der Waals surface area contributed by atoms with Crippen LogP contribution in [0.1, 0.15) is 56.3 Å². The molecule has 5 rings (SSSR count). The van der Waals surface area contributed by atoms with Crippen LogP contribution in [0.15, 0.2) is 24.4 Å². The number of nitrogens with zero attached hydrogens (tertiary/aromatic N) is 4. The molecule has 1 aromatic carbocycles. The summed E-state index contributed by atoms with van der Waals surface area (Å²) in [6, 6.07) is 5.79. The number of methoxy groups -OCH3 is 1. The summed E-state index contributed by atoms with van der Waals surface area (Å²) >= 11 is 0. The number of carbonyl (C=O) groups excluding carboxylic acids is 2. The van der Waals surface area contributed by atoms with Gasteiger partial charge in [-0.05, 0) is 57.9 Å². The SMILES string of the molecule is COc1cc(C(=O)N[C@H]2CCNC2)ccc1Nc1ncc2c(n1)N(C1CCCC1)CC(C)(C)C(=O)N2C. The van der Waals surface area contributed by atoms with E-state index in [1.54, 1.807) is 37.4 Å². The number of anilines is 4. The van der Waals surface area contributed by atoms with Crippen molar-refractivity contribution >= 4 is 35.0 Å². The monoisotopic (exact) mass is 507 g/mol. The van der Waals surface area contributed by atoms with Gasteiger partial charge in [-0.1, -0.05) is 12.8 Å². The van der Waals surface area contributed by atoms with E-state index in [1.165, 1.54) is 12.8 Å². The van der Waals surface area contributed by atoms with Gasteiger partial charge in [0.25, 0.3) is 5.91 Å². The molecule has 2 aliphatic heterocycles. The fraction of sp³-hybridized carbons (Fsp3) is 0.556. The van der Waals surface area contributed by atoms with E-state index >= 15 is 0 Å². The minimum absolute atomic E-state index is 0.0578. The van der Waals surface area contributed by atoms with E-state index in [2.05, 4.69) is 25.8 Å². The maximum atomic E-state index is 13.2. The Kier molecular flexibility index (Phi) is 6.94. The highest BCUT2D eigenvalue weighted by Gasteiger charge is 2.41. The van der Waals surface area contributed by atoms with Crippen LogP contribution in [-0.4, -0.2) is 67.7 Å². The summed E-state index contributed by atoms with van der Waals surface area (Å²) in [5.41, 5.74) is 1.37. The minimum atomic E-state index is -0.542. The van der Waals surface area contributed by atoms with Crippen molar-refractivity contribution in [2.24, 2.45) is 5.41 Å². The molecule has 1 atom stereocenters. The number of amides is 2. The van der Waals surface area contributed by atoms with Crippen molar-refractivity contribution in [3.8, 4) is 5.75 Å². The van der Waals surface area contributed by atoms with Gasteiger partial charge >= 0.3 is 0 Å². The number of fused-ring (bicyclic) bond motifs is 1. The minimum Gasteiger partial charge on any atom is -0.495 e. The molecule has 10 nitrogen and oxygen atoms in total. The Bertz CT molecular complexity index is 1170. The van der Waals surface area contributed by atoms with Crippen LogP contribution < -0.4 is 30.5 Å². The fourth-order valence-electron chi connectivity index (χ4n) is 5.63. The number of benzene rings is 1. The zero-order valence-corrected chi connectivity index (χ0v) is 22.1. The number of nitrogens with one attached hydrogen (secondary N) is 3. The molecule has 2 fully saturated rings. The number of hydrogen-bond acceptors (Lipinski definition) is 8. The third-order valence-electron chi connectivity index (χ3n) is 7.70. The van der Waals surface area contributed by atoms with Crippen molar-refractivity contribution in [1.29, 1.82) is 0 Å². The van der Waals surface area contributed by atoms with Crippen molar-refractivity contribution in [2.75, 3.05) is 48.9 Å². The highest BCUT2D eigenvalue weighted by atomic mass is 16.5. The average Bonchev–Trinajstić information content (AvgIpc) is 3.60. The first kappa shape index (κ1) is 25.3. The molecular formula is C27H37N7O3. The molecule has 3 heterocycles. The summed E-state index contributed by atoms with van der Waals surface area (Å²) in [6.45, 7) is 6.30. The summed E-state index contributed by atoms with van der Waals surface area (Å²) < 4.78 is 5.60. The first-order chi connectivity index (χ1) is 17.8. The molecule has 0 bridgehead atoms. The van der Waals surface area contributed by atoms with E-state index in [9.17, 15) is 9.59 Å². The first-order valence-electron chi connectivity index (χ1n) is 13.2. The van der Waals surface area contributed by atoms with Gasteiger partial charge in [-0.3, -0.25) is 9.59 Å². The third kappa shape index (κ3) is 5.07. The smallest absolute Gasteiger partial charge is 0.251 e. The summed E-state index contributed by atoms with van der Waals surface area (Å²) in [6.07, 6.45) is 7.20. The second kappa shape index (κ2) is 10.2. The fourth-order valence-corrected chi connectivity index (χ4v) is 5.63. The molecule has 1 aliphatic carbocycles. The second-order valence-electron chi connectivity index (χ2n) is 10.9. The predicted molar refractivity (Wildman–Crippen MR) is 144 cm³/mol. The summed E-state index contributed by atoms with van der Waals surface area (Å²) in [5, 5.41) is 9.59. The molecule has 2 amide bonds. The molecule has 1 saturated heterocycles. The van der Waals surface area contributed by atoms with E-state index in [-0.39, 0.29) is 17.9 Å². The van der Waals surface area contributed by atoms with Gasteiger partial charge in [-0.15, -0.1) is 0 Å². The van der Waals surface area contributed by atoms with Crippen molar-refractivity contribution < 1.29 is 14.3 Å². The van der Waals surface area contributed by atoms with E-state index < -0.39 is 5.41 Å². The normalized spacial score (nSPS) is 21.5. The molecule has 2 aromatic rings. The van der Waals surface area contributed by atoms with Crippen LogP contribution in [0.25, 0.3) is 0 Å². The Morgan fingerprint density at radius 2 is 2.00 bits per heavy atom. The van der Waals surface area contributed by atoms with E-state index in [1.807, 2.05) is 19.9 Å². The lowest BCUT2D eigenvalue weighted by molar-refractivity contribution is -0.125. The van der Waals surface area contributed by atoms with Gasteiger partial charge in [0, 0.05) is 37.8 Å². The maximum Gasteiger partial charge on any atom is 0.251 e. The maximum absolute atomic E-state index is 13.2. The van der Waals surface area contributed by atoms with E-state index in [0.29, 0.717) is 41.2 Å². The van der Waals surface area contributed by atoms with Crippen LogP contribution in [-0.2, 0) is 4.79 Å². The van der Waals surface area contributed by atoms with Crippen LogP contribution in [0, 0.1) is 5.41 Å². The zero-order valence-electron chi connectivity index (χ0n) is 22.1. The number of hydrogen-bond donors (Lipinski definition) is 3. The van der Waals surface area contributed by atoms with Crippen molar-refractivity contribution in [2.45, 2.75) is 58.0 Å². The molecule has 3 aliphatic rings. The second-order valence-corrected chi connectivity index (χ2v) is 10.9. The average molecular weight is 508 g/mol. The van der Waals surface area contributed by atoms with Gasteiger partial charge in [0.2, 0.25) is 11.9 Å². The van der Waals surface area contributed by atoms with Crippen molar-refractivity contribution in [3.05, 3.63) is 30.0 Å². The van der Waals surface area contributed by atoms with Gasteiger partial charge in [0.1, 0.15) is 11.4 Å². The number of ether oxygens (including phenoxy) is 1. The van der Waals surface area contributed by atoms with Gasteiger partial charge in [-0.25, -0.2) is 4.98 Å². The Labute approximate surface area is 218 Å². The standard InChI is InChI=1S/C27H37N7O3/c1-27(2)16-34(19-7-5-6-8-19)23-21(33(3)25(27)36)15-29-26(32-23)31-20-10-9-17(13-22(20)37-4)24(35)30-18-11-12-28-14-18/h9-10,13,15,18-19,28H,5-8,11-12,14,16H2,1-4H3,(H,30,35)(H,29,31,32)/t18-/m0/s1. The van der Waals surface area contributed by atoms with E-state index in [4.69, 9.17) is 9.72 Å². The van der Waals surface area contributed by atoms with Gasteiger partial charge in [-0.2, -0.15) is 4.98 Å². The Morgan fingerprint density at radius 1 is 1.22 bits per heavy atom. The summed E-state index contributed by atoms with van der Waals surface area (Å²) in [7, 11) is 3.37. The van der Waals surface area contributed by atoms with Gasteiger partial charge in [0.15, 0.2) is 5.82 Å². The lowest BCUT2D eigenvalue weighted by atomic mass is 9.91. The molecule has 0 unspecified atom stereocenters. The lowest BCUT2D eigenvalue weighted by Gasteiger charge is -2.34. The highest BCUT2D eigenvalue weighted by Crippen LogP contribution is 2.40. The molecule has 3 N–H and O–H groups in total. The van der Waals surface area contributed by atoms with Crippen LogP contribution in [0.2, 0.25) is 0 Å². The number of aromatic nitrogens is 2. The van der Waals surface area contributed by atoms with Gasteiger partial charge < -0.3 is 30.5 Å². The zero-order chi connectivity index (χ0) is 26.2. The number of carbonyl (C=O) groups is 2. The molecule has 0 spiro atoms. The molecule has 10 heteroatoms. The van der Waals surface area contributed by atoms with Crippen LogP contribution >= 0.6 is 0 Å². The van der Waals surface area contributed by atoms with Crippen LogP contribution in [0.4, 0.5) is 23.1 Å². The Morgan fingerprint density at radius 3 is 2.70 bits per heavy atom. The molecule has 0 radical (unpaired) electrons. The summed E-state index contributed by atoms with van der Waals surface area (Å²) in [4.78, 5) is 39.4.